The summed E-state index contributed by atoms with van der Waals surface area (Å²) in [4.78, 5) is 27.5. The fraction of sp³-hybridized carbons (Fsp3) is 0.222. The molecular formula is C27H27N5O3. The van der Waals surface area contributed by atoms with E-state index in [1.807, 2.05) is 48.1 Å². The maximum absolute atomic E-state index is 13.3. The van der Waals surface area contributed by atoms with E-state index in [9.17, 15) is 14.7 Å². The Labute approximate surface area is 203 Å². The average Bonchev–Trinajstić information content (AvgIpc) is 3.33. The van der Waals surface area contributed by atoms with Crippen molar-refractivity contribution in [3.05, 3.63) is 83.6 Å². The number of aromatic nitrogens is 2. The molecule has 0 radical (unpaired) electrons. The minimum Gasteiger partial charge on any atom is -0.386 e. The van der Waals surface area contributed by atoms with Crippen molar-refractivity contribution in [1.82, 2.24) is 14.7 Å². The predicted octanol–water partition coefficient (Wildman–Crippen LogP) is 4.14. The highest BCUT2D eigenvalue weighted by Crippen LogP contribution is 2.32. The lowest BCUT2D eigenvalue weighted by atomic mass is 9.98. The molecule has 0 spiro atoms. The van der Waals surface area contributed by atoms with Crippen molar-refractivity contribution < 1.29 is 14.7 Å². The van der Waals surface area contributed by atoms with Crippen molar-refractivity contribution in [1.29, 1.82) is 0 Å². The number of hydrogen-bond acceptors (Lipinski definition) is 5. The molecule has 0 atom stereocenters. The molecule has 0 saturated heterocycles. The second-order valence-corrected chi connectivity index (χ2v) is 9.36. The molecule has 8 heteroatoms. The summed E-state index contributed by atoms with van der Waals surface area (Å²) in [6.07, 6.45) is 1.80. The molecular weight excluding hydrogens is 442 g/mol. The van der Waals surface area contributed by atoms with Crippen molar-refractivity contribution >= 4 is 39.8 Å². The summed E-state index contributed by atoms with van der Waals surface area (Å²) in [6, 6.07) is 18.7. The van der Waals surface area contributed by atoms with E-state index in [0.29, 0.717) is 29.0 Å². The molecule has 178 valence electrons. The van der Waals surface area contributed by atoms with Crippen molar-refractivity contribution in [3.8, 4) is 0 Å². The number of fused-ring (bicyclic) bond motifs is 2. The summed E-state index contributed by atoms with van der Waals surface area (Å²) >= 11 is 0. The highest BCUT2D eigenvalue weighted by atomic mass is 16.3. The molecule has 8 nitrogen and oxygen atoms in total. The van der Waals surface area contributed by atoms with Gasteiger partial charge in [-0.2, -0.15) is 5.10 Å². The lowest BCUT2D eigenvalue weighted by Gasteiger charge is -2.19. The number of carbonyl (C=O) groups excluding carboxylic acids is 2. The van der Waals surface area contributed by atoms with Crippen LogP contribution in [0.1, 0.15) is 35.3 Å². The van der Waals surface area contributed by atoms with Crippen molar-refractivity contribution in [3.63, 3.8) is 0 Å². The lowest BCUT2D eigenvalue weighted by molar-refractivity contribution is -0.116. The molecule has 0 saturated carbocycles. The van der Waals surface area contributed by atoms with Gasteiger partial charge in [-0.1, -0.05) is 24.3 Å². The van der Waals surface area contributed by atoms with Crippen LogP contribution in [0, 0.1) is 0 Å². The highest BCUT2D eigenvalue weighted by molar-refractivity contribution is 6.06. The van der Waals surface area contributed by atoms with Gasteiger partial charge in [0, 0.05) is 30.4 Å². The Morgan fingerprint density at radius 1 is 1.09 bits per heavy atom. The molecule has 3 aromatic carbocycles. The normalized spacial score (nSPS) is 13.3. The van der Waals surface area contributed by atoms with Crippen LogP contribution in [0.4, 0.5) is 17.1 Å². The number of nitrogens with one attached hydrogen (secondary N) is 2. The van der Waals surface area contributed by atoms with E-state index in [0.717, 1.165) is 22.2 Å². The van der Waals surface area contributed by atoms with Crippen LogP contribution in [-0.4, -0.2) is 38.1 Å². The number of aliphatic hydroxyl groups is 1. The fourth-order valence-corrected chi connectivity index (χ4v) is 4.40. The third-order valence-electron chi connectivity index (χ3n) is 6.23. The number of anilines is 3. The van der Waals surface area contributed by atoms with Gasteiger partial charge in [-0.05, 0) is 61.4 Å². The van der Waals surface area contributed by atoms with E-state index in [2.05, 4.69) is 15.7 Å². The first kappa shape index (κ1) is 22.6. The van der Waals surface area contributed by atoms with Gasteiger partial charge >= 0.3 is 0 Å². The largest absolute Gasteiger partial charge is 0.386 e. The quantitative estimate of drug-likeness (QED) is 0.394. The van der Waals surface area contributed by atoms with E-state index in [4.69, 9.17) is 0 Å². The zero-order chi connectivity index (χ0) is 24.7. The number of nitrogens with zero attached hydrogens (tertiary/aromatic N) is 3. The van der Waals surface area contributed by atoms with E-state index < -0.39 is 5.60 Å². The second kappa shape index (κ2) is 8.56. The van der Waals surface area contributed by atoms with Gasteiger partial charge < -0.3 is 20.6 Å². The maximum atomic E-state index is 13.3. The lowest BCUT2D eigenvalue weighted by Crippen LogP contribution is -2.33. The summed E-state index contributed by atoms with van der Waals surface area (Å²) in [6.45, 7) is 3.67. The molecule has 1 aliphatic rings. The van der Waals surface area contributed by atoms with E-state index in [1.54, 1.807) is 44.3 Å². The van der Waals surface area contributed by atoms with Gasteiger partial charge in [-0.15, -0.1) is 0 Å². The molecule has 0 unspecified atom stereocenters. The maximum Gasteiger partial charge on any atom is 0.257 e. The monoisotopic (exact) mass is 469 g/mol. The number of amides is 2. The third kappa shape index (κ3) is 4.48. The molecule has 5 rings (SSSR count). The van der Waals surface area contributed by atoms with Gasteiger partial charge in [0.25, 0.3) is 5.91 Å². The minimum atomic E-state index is -1.02. The van der Waals surface area contributed by atoms with Crippen LogP contribution >= 0.6 is 0 Å². The summed E-state index contributed by atoms with van der Waals surface area (Å²) in [5.41, 5.74) is 4.29. The molecule has 0 fully saturated rings. The number of rotatable bonds is 6. The van der Waals surface area contributed by atoms with Crippen LogP contribution in [-0.2, 0) is 24.0 Å². The zero-order valence-corrected chi connectivity index (χ0v) is 19.9. The predicted molar refractivity (Wildman–Crippen MR) is 135 cm³/mol. The molecule has 2 heterocycles. The summed E-state index contributed by atoms with van der Waals surface area (Å²) in [7, 11) is 1.90. The van der Waals surface area contributed by atoms with Gasteiger partial charge in [0.2, 0.25) is 5.91 Å². The number of aryl methyl sites for hydroxylation is 1. The van der Waals surface area contributed by atoms with Crippen LogP contribution in [0.15, 0.2) is 66.9 Å². The molecule has 1 aliphatic heterocycles. The van der Waals surface area contributed by atoms with E-state index in [1.165, 1.54) is 4.90 Å². The number of carbonyl (C=O) groups is 2. The third-order valence-corrected chi connectivity index (χ3v) is 6.23. The van der Waals surface area contributed by atoms with Gasteiger partial charge in [-0.3, -0.25) is 14.3 Å². The first-order chi connectivity index (χ1) is 16.7. The molecule has 0 bridgehead atoms. The highest BCUT2D eigenvalue weighted by Gasteiger charge is 2.31. The van der Waals surface area contributed by atoms with Crippen LogP contribution < -0.4 is 10.6 Å². The smallest absolute Gasteiger partial charge is 0.257 e. The summed E-state index contributed by atoms with van der Waals surface area (Å²) in [5.74, 6) is -0.485. The topological polar surface area (TPSA) is 99.5 Å². The molecule has 2 amide bonds. The van der Waals surface area contributed by atoms with Crippen molar-refractivity contribution in [2.45, 2.75) is 26.0 Å². The van der Waals surface area contributed by atoms with Gasteiger partial charge in [0.05, 0.1) is 28.6 Å². The summed E-state index contributed by atoms with van der Waals surface area (Å²) < 4.78 is 1.81. The van der Waals surface area contributed by atoms with Crippen LogP contribution in [0.2, 0.25) is 0 Å². The molecule has 1 aromatic heterocycles. The van der Waals surface area contributed by atoms with Crippen molar-refractivity contribution in [2.75, 3.05) is 17.2 Å². The second-order valence-electron chi connectivity index (χ2n) is 9.36. The van der Waals surface area contributed by atoms with Crippen LogP contribution in [0.3, 0.4) is 0 Å². The minimum absolute atomic E-state index is 0.0681. The Morgan fingerprint density at radius 2 is 1.89 bits per heavy atom. The first-order valence-electron chi connectivity index (χ1n) is 11.4. The SMILES string of the molecule is Cn1ncc2cc(Nc3cccc4c3C(=O)N(CC(=O)Nc3cccc(C(C)(C)O)c3)C4)ccc21. The molecule has 4 aromatic rings. The Balaban J connectivity index is 1.30. The number of benzene rings is 3. The Morgan fingerprint density at radius 3 is 2.69 bits per heavy atom. The van der Waals surface area contributed by atoms with E-state index in [-0.39, 0.29) is 18.4 Å². The van der Waals surface area contributed by atoms with E-state index >= 15 is 0 Å². The Kier molecular flexibility index (Phi) is 5.53. The Hall–Kier alpha value is -4.17. The number of hydrogen-bond donors (Lipinski definition) is 3. The summed E-state index contributed by atoms with van der Waals surface area (Å²) in [5, 5.41) is 21.7. The van der Waals surface area contributed by atoms with Gasteiger partial charge in [0.15, 0.2) is 0 Å². The van der Waals surface area contributed by atoms with Crippen LogP contribution in [0.5, 0.6) is 0 Å². The molecule has 0 aliphatic carbocycles. The van der Waals surface area contributed by atoms with Crippen LogP contribution in [0.25, 0.3) is 10.9 Å². The fourth-order valence-electron chi connectivity index (χ4n) is 4.40. The molecule has 35 heavy (non-hydrogen) atoms. The molecule has 3 N–H and O–H groups in total. The average molecular weight is 470 g/mol. The van der Waals surface area contributed by atoms with Gasteiger partial charge in [-0.25, -0.2) is 0 Å². The Bertz CT molecular complexity index is 1450. The zero-order valence-electron chi connectivity index (χ0n) is 19.9. The van der Waals surface area contributed by atoms with Crippen molar-refractivity contribution in [2.24, 2.45) is 7.05 Å². The van der Waals surface area contributed by atoms with Gasteiger partial charge in [0.1, 0.15) is 6.54 Å². The first-order valence-corrected chi connectivity index (χ1v) is 11.4. The standard InChI is InChI=1S/C27H27N5O3/c1-27(2,35)19-7-5-8-20(13-19)30-24(33)16-32-15-17-6-4-9-22(25(17)26(32)34)29-21-10-11-23-18(12-21)14-28-31(23)3/h4-14,29,35H,15-16H2,1-3H3,(H,30,33).